The third-order valence-corrected chi connectivity index (χ3v) is 9.52. The summed E-state index contributed by atoms with van der Waals surface area (Å²) in [5.74, 6) is 3.15. The van der Waals surface area contributed by atoms with Crippen LogP contribution in [0, 0.1) is 45.8 Å². The highest BCUT2D eigenvalue weighted by Crippen LogP contribution is 2.60. The molecule has 4 saturated carbocycles. The number of amides is 1. The maximum absolute atomic E-state index is 13.5. The number of carbonyl (C=O) groups is 1. The van der Waals surface area contributed by atoms with Crippen LogP contribution in [0.25, 0.3) is 0 Å². The van der Waals surface area contributed by atoms with Gasteiger partial charge < -0.3 is 5.32 Å². The molecule has 4 bridgehead atoms. The predicted octanol–water partition coefficient (Wildman–Crippen LogP) is 5.93. The predicted molar refractivity (Wildman–Crippen MR) is 113 cm³/mol. The zero-order chi connectivity index (χ0) is 19.7. The van der Waals surface area contributed by atoms with Gasteiger partial charge in [0.05, 0.1) is 11.0 Å². The summed E-state index contributed by atoms with van der Waals surface area (Å²) in [5.41, 5.74) is 2.11. The summed E-state index contributed by atoms with van der Waals surface area (Å²) in [7, 11) is 0. The Hall–Kier alpha value is -1.34. The number of anilines is 1. The number of hydrogen-bond acceptors (Lipinski definition) is 3. The molecular weight excluding hydrogens is 364 g/mol. The van der Waals surface area contributed by atoms with E-state index in [1.165, 1.54) is 29.7 Å². The van der Waals surface area contributed by atoms with Crippen molar-refractivity contribution in [3.8, 4) is 6.07 Å². The first-order valence-corrected chi connectivity index (χ1v) is 11.9. The van der Waals surface area contributed by atoms with Gasteiger partial charge in [-0.3, -0.25) is 4.79 Å². The Kier molecular flexibility index (Phi) is 4.22. The topological polar surface area (TPSA) is 52.9 Å². The maximum atomic E-state index is 13.5. The largest absolute Gasteiger partial charge is 0.316 e. The summed E-state index contributed by atoms with van der Waals surface area (Å²) in [6.45, 7) is 6.95. The molecule has 0 aliphatic heterocycles. The van der Waals surface area contributed by atoms with Gasteiger partial charge >= 0.3 is 0 Å². The average molecular weight is 397 g/mol. The highest BCUT2D eigenvalue weighted by Gasteiger charge is 2.54. The maximum Gasteiger partial charge on any atom is 0.231 e. The standard InChI is InChI=1S/C24H32N2OS/c1-23(2,3)17-4-5-18-19(13-25)21(28-20(18)9-17)26-22(27)24-10-14-6-15(11-24)8-16(7-14)12-24/h14-17H,4-12H2,1-3H3,(H,26,27)/t14?,15?,16?,17-,24?/m0/s1. The van der Waals surface area contributed by atoms with Crippen molar-refractivity contribution in [2.24, 2.45) is 34.5 Å². The highest BCUT2D eigenvalue weighted by molar-refractivity contribution is 7.16. The van der Waals surface area contributed by atoms with Crippen LogP contribution in [-0.2, 0) is 17.6 Å². The molecule has 0 saturated heterocycles. The average Bonchev–Trinajstić information content (AvgIpc) is 2.95. The molecule has 1 N–H and O–H groups in total. The zero-order valence-corrected chi connectivity index (χ0v) is 18.3. The molecule has 1 aromatic heterocycles. The SMILES string of the molecule is CC(C)(C)[C@H]1CCc2c(sc(NC(=O)C34CC5CC(CC(C5)C3)C4)c2C#N)C1. The number of fused-ring (bicyclic) bond motifs is 1. The zero-order valence-electron chi connectivity index (χ0n) is 17.4. The molecule has 150 valence electrons. The summed E-state index contributed by atoms with van der Waals surface area (Å²) in [6.07, 6.45) is 10.4. The fraction of sp³-hybridized carbons (Fsp3) is 0.750. The third kappa shape index (κ3) is 2.93. The van der Waals surface area contributed by atoms with Gasteiger partial charge in [-0.25, -0.2) is 0 Å². The van der Waals surface area contributed by atoms with Crippen molar-refractivity contribution in [1.82, 2.24) is 0 Å². The van der Waals surface area contributed by atoms with Gasteiger partial charge in [-0.15, -0.1) is 11.3 Å². The number of nitrogens with one attached hydrogen (secondary N) is 1. The first-order chi connectivity index (χ1) is 13.3. The number of thiophene rings is 1. The Bertz CT molecular complexity index is 818. The lowest BCUT2D eigenvalue weighted by Gasteiger charge is -2.55. The lowest BCUT2D eigenvalue weighted by atomic mass is 9.49. The van der Waals surface area contributed by atoms with Gasteiger partial charge in [-0.05, 0) is 92.4 Å². The van der Waals surface area contributed by atoms with Gasteiger partial charge in [0.15, 0.2) is 0 Å². The lowest BCUT2D eigenvalue weighted by Crippen LogP contribution is -2.51. The molecule has 0 unspecified atom stereocenters. The van der Waals surface area contributed by atoms with Crippen molar-refractivity contribution in [3.05, 3.63) is 16.0 Å². The fourth-order valence-electron chi connectivity index (χ4n) is 7.16. The first-order valence-electron chi connectivity index (χ1n) is 11.1. The molecule has 28 heavy (non-hydrogen) atoms. The molecule has 1 heterocycles. The lowest BCUT2D eigenvalue weighted by molar-refractivity contribution is -0.140. The molecule has 0 radical (unpaired) electrons. The second-order valence-electron chi connectivity index (χ2n) is 11.3. The van der Waals surface area contributed by atoms with Crippen molar-refractivity contribution in [3.63, 3.8) is 0 Å². The number of nitrogens with zero attached hydrogens (tertiary/aromatic N) is 1. The van der Waals surface area contributed by atoms with Crippen molar-refractivity contribution < 1.29 is 4.79 Å². The molecule has 1 amide bonds. The van der Waals surface area contributed by atoms with E-state index in [1.807, 2.05) is 0 Å². The summed E-state index contributed by atoms with van der Waals surface area (Å²) in [4.78, 5) is 14.8. The number of carbonyl (C=O) groups excluding carboxylic acids is 1. The van der Waals surface area contributed by atoms with E-state index in [2.05, 4.69) is 32.2 Å². The van der Waals surface area contributed by atoms with Gasteiger partial charge in [0.25, 0.3) is 0 Å². The van der Waals surface area contributed by atoms with E-state index in [0.29, 0.717) is 5.92 Å². The third-order valence-electron chi connectivity index (χ3n) is 8.35. The van der Waals surface area contributed by atoms with E-state index >= 15 is 0 Å². The van der Waals surface area contributed by atoms with Crippen molar-refractivity contribution in [2.45, 2.75) is 78.6 Å². The summed E-state index contributed by atoms with van der Waals surface area (Å²) in [5, 5.41) is 14.0. The van der Waals surface area contributed by atoms with Gasteiger partial charge in [-0.1, -0.05) is 20.8 Å². The van der Waals surface area contributed by atoms with Crippen LogP contribution >= 0.6 is 11.3 Å². The van der Waals surface area contributed by atoms with Crippen LogP contribution in [0.1, 0.15) is 81.7 Å². The van der Waals surface area contributed by atoms with E-state index in [1.54, 1.807) is 11.3 Å². The van der Waals surface area contributed by atoms with Gasteiger partial charge in [0.1, 0.15) is 11.1 Å². The smallest absolute Gasteiger partial charge is 0.231 e. The Morgan fingerprint density at radius 2 is 1.75 bits per heavy atom. The molecule has 1 aromatic rings. The second-order valence-corrected chi connectivity index (χ2v) is 12.4. The normalized spacial score (nSPS) is 36.1. The number of nitriles is 1. The van der Waals surface area contributed by atoms with E-state index in [0.717, 1.165) is 66.8 Å². The van der Waals surface area contributed by atoms with E-state index in [-0.39, 0.29) is 16.7 Å². The highest BCUT2D eigenvalue weighted by atomic mass is 32.1. The molecule has 4 fully saturated rings. The van der Waals surface area contributed by atoms with Crippen LogP contribution in [0.5, 0.6) is 0 Å². The summed E-state index contributed by atoms with van der Waals surface area (Å²) in [6, 6.07) is 2.43. The van der Waals surface area contributed by atoms with Gasteiger partial charge in [-0.2, -0.15) is 5.26 Å². The molecule has 3 nitrogen and oxygen atoms in total. The van der Waals surface area contributed by atoms with Crippen LogP contribution in [-0.4, -0.2) is 5.91 Å². The van der Waals surface area contributed by atoms with Crippen LogP contribution in [0.15, 0.2) is 0 Å². The molecule has 5 aliphatic rings. The monoisotopic (exact) mass is 396 g/mol. The van der Waals surface area contributed by atoms with Crippen molar-refractivity contribution in [2.75, 3.05) is 5.32 Å². The van der Waals surface area contributed by atoms with E-state index in [4.69, 9.17) is 0 Å². The minimum absolute atomic E-state index is 0.153. The molecule has 1 atom stereocenters. The molecule has 6 rings (SSSR count). The Labute approximate surface area is 172 Å². The van der Waals surface area contributed by atoms with Crippen molar-refractivity contribution >= 4 is 22.2 Å². The molecular formula is C24H32N2OS. The van der Waals surface area contributed by atoms with E-state index in [9.17, 15) is 10.1 Å². The summed E-state index contributed by atoms with van der Waals surface area (Å²) < 4.78 is 0. The van der Waals surface area contributed by atoms with Crippen LogP contribution < -0.4 is 5.32 Å². The molecule has 5 aliphatic carbocycles. The molecule has 0 spiro atoms. The minimum Gasteiger partial charge on any atom is -0.316 e. The Balaban J connectivity index is 1.40. The Morgan fingerprint density at radius 1 is 1.14 bits per heavy atom. The summed E-state index contributed by atoms with van der Waals surface area (Å²) >= 11 is 1.68. The van der Waals surface area contributed by atoms with Crippen molar-refractivity contribution in [1.29, 1.82) is 5.26 Å². The number of rotatable bonds is 2. The molecule has 4 heteroatoms. The van der Waals surface area contributed by atoms with Gasteiger partial charge in [0, 0.05) is 4.88 Å². The van der Waals surface area contributed by atoms with E-state index < -0.39 is 0 Å². The Morgan fingerprint density at radius 3 is 2.29 bits per heavy atom. The second kappa shape index (κ2) is 6.33. The van der Waals surface area contributed by atoms with Gasteiger partial charge in [0.2, 0.25) is 5.91 Å². The van der Waals surface area contributed by atoms with Crippen LogP contribution in [0.2, 0.25) is 0 Å². The first kappa shape index (κ1) is 18.7. The quantitative estimate of drug-likeness (QED) is 0.674. The number of hydrogen-bond donors (Lipinski definition) is 1. The van der Waals surface area contributed by atoms with Crippen LogP contribution in [0.4, 0.5) is 5.00 Å². The molecule has 0 aromatic carbocycles. The minimum atomic E-state index is -0.153. The van der Waals surface area contributed by atoms with Crippen LogP contribution in [0.3, 0.4) is 0 Å². The fourth-order valence-corrected chi connectivity index (χ4v) is 8.43.